The highest BCUT2D eigenvalue weighted by molar-refractivity contribution is 5.78. The fourth-order valence-electron chi connectivity index (χ4n) is 2.52. The number of anilines is 1. The van der Waals surface area contributed by atoms with Crippen molar-refractivity contribution in [3.8, 4) is 11.6 Å². The maximum absolute atomic E-state index is 12.8. The van der Waals surface area contributed by atoms with Gasteiger partial charge in [-0.1, -0.05) is 0 Å². The maximum atomic E-state index is 12.8. The van der Waals surface area contributed by atoms with E-state index < -0.39 is 0 Å². The van der Waals surface area contributed by atoms with Crippen molar-refractivity contribution in [3.63, 3.8) is 0 Å². The van der Waals surface area contributed by atoms with Crippen LogP contribution in [0.25, 0.3) is 0 Å². The number of nitrogens with zero attached hydrogens (tertiary/aromatic N) is 4. The SMILES string of the molecule is COc1ccnc(N2CCN(C(=O)COc3ccc(F)cc3)CC2)n1. The number of piperazine rings is 1. The second-order valence-electron chi connectivity index (χ2n) is 5.51. The summed E-state index contributed by atoms with van der Waals surface area (Å²) < 4.78 is 23.4. The molecule has 132 valence electrons. The second kappa shape index (κ2) is 7.78. The minimum atomic E-state index is -0.338. The number of hydrogen-bond donors (Lipinski definition) is 0. The monoisotopic (exact) mass is 346 g/mol. The summed E-state index contributed by atoms with van der Waals surface area (Å²) in [4.78, 5) is 24.5. The third kappa shape index (κ3) is 4.34. The van der Waals surface area contributed by atoms with Crippen molar-refractivity contribution in [1.82, 2.24) is 14.9 Å². The average Bonchev–Trinajstić information content (AvgIpc) is 2.67. The number of amides is 1. The molecule has 0 spiro atoms. The van der Waals surface area contributed by atoms with Gasteiger partial charge in [-0.25, -0.2) is 9.37 Å². The van der Waals surface area contributed by atoms with E-state index in [-0.39, 0.29) is 18.3 Å². The third-order valence-electron chi connectivity index (χ3n) is 3.92. The van der Waals surface area contributed by atoms with Crippen LogP contribution in [0.3, 0.4) is 0 Å². The normalized spacial score (nSPS) is 14.3. The Morgan fingerprint density at radius 2 is 1.88 bits per heavy atom. The van der Waals surface area contributed by atoms with Gasteiger partial charge in [0.2, 0.25) is 11.8 Å². The number of halogens is 1. The van der Waals surface area contributed by atoms with Crippen molar-refractivity contribution in [3.05, 3.63) is 42.3 Å². The first-order chi connectivity index (χ1) is 12.2. The van der Waals surface area contributed by atoms with E-state index in [1.165, 1.54) is 24.3 Å². The Morgan fingerprint density at radius 1 is 1.16 bits per heavy atom. The van der Waals surface area contributed by atoms with Gasteiger partial charge in [0.1, 0.15) is 11.6 Å². The van der Waals surface area contributed by atoms with Crippen LogP contribution < -0.4 is 14.4 Å². The Hall–Kier alpha value is -2.90. The Morgan fingerprint density at radius 3 is 2.56 bits per heavy atom. The highest BCUT2D eigenvalue weighted by atomic mass is 19.1. The molecule has 2 aromatic rings. The number of ether oxygens (including phenoxy) is 2. The molecule has 1 aromatic heterocycles. The fourth-order valence-corrected chi connectivity index (χ4v) is 2.52. The Kier molecular flexibility index (Phi) is 5.27. The maximum Gasteiger partial charge on any atom is 0.260 e. The van der Waals surface area contributed by atoms with E-state index >= 15 is 0 Å². The van der Waals surface area contributed by atoms with E-state index in [0.29, 0.717) is 43.8 Å². The summed E-state index contributed by atoms with van der Waals surface area (Å²) in [5, 5.41) is 0. The lowest BCUT2D eigenvalue weighted by molar-refractivity contribution is -0.133. The second-order valence-corrected chi connectivity index (χ2v) is 5.51. The highest BCUT2D eigenvalue weighted by Crippen LogP contribution is 2.15. The molecule has 1 aromatic carbocycles. The molecule has 1 fully saturated rings. The van der Waals surface area contributed by atoms with Crippen molar-refractivity contribution < 1.29 is 18.7 Å². The van der Waals surface area contributed by atoms with Crippen LogP contribution in [0.1, 0.15) is 0 Å². The van der Waals surface area contributed by atoms with Crippen LogP contribution in [0.5, 0.6) is 11.6 Å². The molecule has 1 saturated heterocycles. The summed E-state index contributed by atoms with van der Waals surface area (Å²) in [5.41, 5.74) is 0. The van der Waals surface area contributed by atoms with E-state index in [4.69, 9.17) is 9.47 Å². The molecule has 0 radical (unpaired) electrons. The van der Waals surface area contributed by atoms with E-state index in [1.807, 2.05) is 4.90 Å². The van der Waals surface area contributed by atoms with Crippen LogP contribution in [0.4, 0.5) is 10.3 Å². The number of hydrogen-bond acceptors (Lipinski definition) is 6. The highest BCUT2D eigenvalue weighted by Gasteiger charge is 2.23. The Balaban J connectivity index is 1.49. The zero-order valence-electron chi connectivity index (χ0n) is 13.9. The molecule has 25 heavy (non-hydrogen) atoms. The minimum Gasteiger partial charge on any atom is -0.484 e. The fraction of sp³-hybridized carbons (Fsp3) is 0.353. The van der Waals surface area contributed by atoms with E-state index in [0.717, 1.165) is 0 Å². The molecule has 3 rings (SSSR count). The zero-order chi connectivity index (χ0) is 17.6. The molecular formula is C17H19FN4O3. The van der Waals surface area contributed by atoms with Crippen molar-refractivity contribution >= 4 is 11.9 Å². The molecular weight excluding hydrogens is 327 g/mol. The predicted octanol–water partition coefficient (Wildman–Crippen LogP) is 1.35. The summed E-state index contributed by atoms with van der Waals surface area (Å²) in [6.07, 6.45) is 1.65. The molecule has 2 heterocycles. The summed E-state index contributed by atoms with van der Waals surface area (Å²) in [7, 11) is 1.56. The van der Waals surface area contributed by atoms with Crippen molar-refractivity contribution in [1.29, 1.82) is 0 Å². The van der Waals surface area contributed by atoms with Crippen LogP contribution >= 0.6 is 0 Å². The van der Waals surface area contributed by atoms with Gasteiger partial charge < -0.3 is 19.3 Å². The standard InChI is InChI=1S/C17H19FN4O3/c1-24-15-6-7-19-17(20-15)22-10-8-21(9-11-22)16(23)12-25-14-4-2-13(18)3-5-14/h2-7H,8-12H2,1H3. The minimum absolute atomic E-state index is 0.0682. The lowest BCUT2D eigenvalue weighted by Gasteiger charge is -2.34. The molecule has 0 N–H and O–H groups in total. The van der Waals surface area contributed by atoms with Crippen LogP contribution in [-0.2, 0) is 4.79 Å². The molecule has 0 unspecified atom stereocenters. The third-order valence-corrected chi connectivity index (χ3v) is 3.92. The molecule has 8 heteroatoms. The topological polar surface area (TPSA) is 67.8 Å². The molecule has 0 atom stereocenters. The van der Waals surface area contributed by atoms with Crippen molar-refractivity contribution in [2.45, 2.75) is 0 Å². The largest absolute Gasteiger partial charge is 0.484 e. The van der Waals surface area contributed by atoms with Gasteiger partial charge in [0.25, 0.3) is 5.91 Å². The number of benzene rings is 1. The summed E-state index contributed by atoms with van der Waals surface area (Å²) in [6.45, 7) is 2.32. The Labute approximate surface area is 145 Å². The molecule has 1 amide bonds. The molecule has 1 aliphatic rings. The van der Waals surface area contributed by atoms with Crippen molar-refractivity contribution in [2.75, 3.05) is 44.8 Å². The summed E-state index contributed by atoms with van der Waals surface area (Å²) >= 11 is 0. The summed E-state index contributed by atoms with van der Waals surface area (Å²) in [6, 6.07) is 7.29. The Bertz CT molecular complexity index is 718. The average molecular weight is 346 g/mol. The van der Waals surface area contributed by atoms with E-state index in [2.05, 4.69) is 9.97 Å². The predicted molar refractivity (Wildman–Crippen MR) is 89.3 cm³/mol. The smallest absolute Gasteiger partial charge is 0.260 e. The van der Waals surface area contributed by atoms with Gasteiger partial charge in [-0.05, 0) is 24.3 Å². The number of aromatic nitrogens is 2. The van der Waals surface area contributed by atoms with Gasteiger partial charge in [-0.15, -0.1) is 0 Å². The van der Waals surface area contributed by atoms with Gasteiger partial charge in [-0.3, -0.25) is 4.79 Å². The molecule has 0 aliphatic carbocycles. The molecule has 0 bridgehead atoms. The van der Waals surface area contributed by atoms with Gasteiger partial charge in [-0.2, -0.15) is 4.98 Å². The van der Waals surface area contributed by atoms with Gasteiger partial charge >= 0.3 is 0 Å². The first kappa shape index (κ1) is 16.9. The summed E-state index contributed by atoms with van der Waals surface area (Å²) in [5.74, 6) is 1.13. The van der Waals surface area contributed by atoms with Crippen LogP contribution in [0, 0.1) is 5.82 Å². The van der Waals surface area contributed by atoms with E-state index in [9.17, 15) is 9.18 Å². The first-order valence-electron chi connectivity index (χ1n) is 7.94. The lowest BCUT2D eigenvalue weighted by Crippen LogP contribution is -2.50. The number of carbonyl (C=O) groups excluding carboxylic acids is 1. The first-order valence-corrected chi connectivity index (χ1v) is 7.94. The molecule has 1 aliphatic heterocycles. The van der Waals surface area contributed by atoms with Gasteiger partial charge in [0.15, 0.2) is 6.61 Å². The van der Waals surface area contributed by atoms with Crippen LogP contribution in [-0.4, -0.2) is 60.7 Å². The van der Waals surface area contributed by atoms with Crippen LogP contribution in [0.2, 0.25) is 0 Å². The van der Waals surface area contributed by atoms with Gasteiger partial charge in [0, 0.05) is 38.4 Å². The van der Waals surface area contributed by atoms with Gasteiger partial charge in [0.05, 0.1) is 7.11 Å². The molecule has 7 nitrogen and oxygen atoms in total. The number of methoxy groups -OCH3 is 1. The zero-order valence-corrected chi connectivity index (χ0v) is 13.9. The lowest BCUT2D eigenvalue weighted by atomic mass is 10.3. The number of rotatable bonds is 5. The molecule has 0 saturated carbocycles. The number of carbonyl (C=O) groups is 1. The van der Waals surface area contributed by atoms with E-state index in [1.54, 1.807) is 24.3 Å². The van der Waals surface area contributed by atoms with Crippen molar-refractivity contribution in [2.24, 2.45) is 0 Å². The van der Waals surface area contributed by atoms with Crippen LogP contribution in [0.15, 0.2) is 36.5 Å². The quantitative estimate of drug-likeness (QED) is 0.814.